The van der Waals surface area contributed by atoms with E-state index in [2.05, 4.69) is 64.9 Å². The van der Waals surface area contributed by atoms with Crippen LogP contribution in [0.15, 0.2) is 60.0 Å². The zero-order valence-corrected chi connectivity index (χ0v) is 20.1. The first kappa shape index (κ1) is 23.6. The first-order valence-electron chi connectivity index (χ1n) is 11.8. The highest BCUT2D eigenvalue weighted by Crippen LogP contribution is 2.20. The Kier molecular flexibility index (Phi) is 7.07. The molecule has 1 aliphatic rings. The molecule has 0 bridgehead atoms. The summed E-state index contributed by atoms with van der Waals surface area (Å²) >= 11 is 0. The SMILES string of the molecule is C=CC(=O)N1CCN(Cc2ccc(C(C)Nc3ncc4ccc(=O)n(CC)c4n3)cc2)C[C@H]1C. The zero-order valence-electron chi connectivity index (χ0n) is 20.1. The number of hydrogen-bond donors (Lipinski definition) is 1. The minimum atomic E-state index is -0.0635. The molecule has 0 aliphatic carbocycles. The number of fused-ring (bicyclic) bond motifs is 1. The van der Waals surface area contributed by atoms with Crippen molar-refractivity contribution in [3.8, 4) is 0 Å². The molecular weight excluding hydrogens is 428 g/mol. The predicted octanol–water partition coefficient (Wildman–Crippen LogP) is 3.20. The van der Waals surface area contributed by atoms with Crippen molar-refractivity contribution in [2.45, 2.75) is 45.9 Å². The summed E-state index contributed by atoms with van der Waals surface area (Å²) in [5, 5.41) is 4.20. The van der Waals surface area contributed by atoms with Crippen molar-refractivity contribution in [2.24, 2.45) is 0 Å². The fraction of sp³-hybridized carbons (Fsp3) is 0.385. The number of amides is 1. The maximum Gasteiger partial charge on any atom is 0.252 e. The molecule has 0 spiro atoms. The molecule has 1 amide bonds. The molecule has 0 radical (unpaired) electrons. The number of carbonyl (C=O) groups excluding carboxylic acids is 1. The topological polar surface area (TPSA) is 83.4 Å². The van der Waals surface area contributed by atoms with Gasteiger partial charge in [-0.2, -0.15) is 4.98 Å². The number of aromatic nitrogens is 3. The molecule has 0 saturated carbocycles. The Morgan fingerprint density at radius 3 is 2.68 bits per heavy atom. The van der Waals surface area contributed by atoms with Gasteiger partial charge in [0.15, 0.2) is 0 Å². The Balaban J connectivity index is 1.40. The van der Waals surface area contributed by atoms with Crippen LogP contribution in [0.3, 0.4) is 0 Å². The molecule has 3 aromatic rings. The van der Waals surface area contributed by atoms with Crippen molar-refractivity contribution in [3.05, 3.63) is 76.7 Å². The number of nitrogens with one attached hydrogen (secondary N) is 1. The lowest BCUT2D eigenvalue weighted by atomic mass is 10.1. The highest BCUT2D eigenvalue weighted by Gasteiger charge is 2.25. The van der Waals surface area contributed by atoms with Crippen LogP contribution in [-0.4, -0.2) is 55.9 Å². The summed E-state index contributed by atoms with van der Waals surface area (Å²) in [6, 6.07) is 12.0. The number of nitrogens with zero attached hydrogens (tertiary/aromatic N) is 5. The smallest absolute Gasteiger partial charge is 0.252 e. The number of aryl methyl sites for hydroxylation is 1. The monoisotopic (exact) mass is 460 g/mol. The number of carbonyl (C=O) groups is 1. The van der Waals surface area contributed by atoms with Gasteiger partial charge < -0.3 is 10.2 Å². The van der Waals surface area contributed by atoms with E-state index in [-0.39, 0.29) is 23.6 Å². The van der Waals surface area contributed by atoms with Crippen LogP contribution in [0.2, 0.25) is 0 Å². The van der Waals surface area contributed by atoms with Crippen LogP contribution >= 0.6 is 0 Å². The molecule has 178 valence electrons. The molecule has 1 fully saturated rings. The summed E-state index contributed by atoms with van der Waals surface area (Å²) in [5.41, 5.74) is 2.94. The molecule has 3 heterocycles. The molecule has 1 aromatic carbocycles. The maximum absolute atomic E-state index is 12.1. The predicted molar refractivity (Wildman–Crippen MR) is 135 cm³/mol. The van der Waals surface area contributed by atoms with Gasteiger partial charge in [0.2, 0.25) is 11.9 Å². The number of pyridine rings is 1. The Bertz CT molecular complexity index is 1240. The van der Waals surface area contributed by atoms with Gasteiger partial charge in [-0.15, -0.1) is 0 Å². The van der Waals surface area contributed by atoms with Gasteiger partial charge in [-0.1, -0.05) is 30.8 Å². The zero-order chi connectivity index (χ0) is 24.2. The lowest BCUT2D eigenvalue weighted by Gasteiger charge is -2.39. The van der Waals surface area contributed by atoms with E-state index in [1.165, 1.54) is 11.6 Å². The largest absolute Gasteiger partial charge is 0.348 e. The van der Waals surface area contributed by atoms with Gasteiger partial charge in [0, 0.05) is 56.4 Å². The second kappa shape index (κ2) is 10.2. The van der Waals surface area contributed by atoms with Gasteiger partial charge in [-0.3, -0.25) is 19.1 Å². The van der Waals surface area contributed by atoms with E-state index < -0.39 is 0 Å². The summed E-state index contributed by atoms with van der Waals surface area (Å²) in [4.78, 5) is 37.4. The molecule has 8 heteroatoms. The molecule has 1 unspecified atom stereocenters. The van der Waals surface area contributed by atoms with E-state index in [0.717, 1.165) is 37.1 Å². The summed E-state index contributed by atoms with van der Waals surface area (Å²) in [5.74, 6) is 0.504. The Hall–Kier alpha value is -3.52. The van der Waals surface area contributed by atoms with Gasteiger partial charge in [0.05, 0.1) is 6.04 Å². The van der Waals surface area contributed by atoms with Crippen LogP contribution in [0.5, 0.6) is 0 Å². The van der Waals surface area contributed by atoms with E-state index in [9.17, 15) is 9.59 Å². The quantitative estimate of drug-likeness (QED) is 0.545. The normalized spacial score (nSPS) is 17.5. The van der Waals surface area contributed by atoms with Crippen LogP contribution in [0, 0.1) is 0 Å². The van der Waals surface area contributed by atoms with Gasteiger partial charge >= 0.3 is 0 Å². The van der Waals surface area contributed by atoms with E-state index in [4.69, 9.17) is 0 Å². The number of anilines is 1. The highest BCUT2D eigenvalue weighted by atomic mass is 16.2. The van der Waals surface area contributed by atoms with Crippen LogP contribution < -0.4 is 10.9 Å². The average Bonchev–Trinajstić information content (AvgIpc) is 2.84. The molecule has 2 atom stereocenters. The van der Waals surface area contributed by atoms with Crippen LogP contribution in [0.1, 0.15) is 37.9 Å². The Morgan fingerprint density at radius 1 is 1.24 bits per heavy atom. The fourth-order valence-corrected chi connectivity index (χ4v) is 4.51. The second-order valence-corrected chi connectivity index (χ2v) is 8.82. The van der Waals surface area contributed by atoms with E-state index in [0.29, 0.717) is 18.1 Å². The minimum absolute atomic E-state index is 0.00509. The number of benzene rings is 1. The highest BCUT2D eigenvalue weighted by molar-refractivity contribution is 5.87. The molecule has 1 N–H and O–H groups in total. The number of piperazine rings is 1. The maximum atomic E-state index is 12.1. The third-order valence-corrected chi connectivity index (χ3v) is 6.44. The van der Waals surface area contributed by atoms with Gasteiger partial charge in [0.25, 0.3) is 5.56 Å². The van der Waals surface area contributed by atoms with Crippen molar-refractivity contribution >= 4 is 22.9 Å². The first-order valence-corrected chi connectivity index (χ1v) is 11.8. The lowest BCUT2D eigenvalue weighted by Crippen LogP contribution is -2.53. The van der Waals surface area contributed by atoms with Crippen molar-refractivity contribution in [1.29, 1.82) is 0 Å². The summed E-state index contributed by atoms with van der Waals surface area (Å²) in [6.45, 7) is 13.5. The molecule has 4 rings (SSSR count). The molecule has 34 heavy (non-hydrogen) atoms. The van der Waals surface area contributed by atoms with Gasteiger partial charge in [0.1, 0.15) is 5.65 Å². The standard InChI is InChI=1S/C26H32N6O2/c1-5-23(33)32-14-13-30(16-18(32)3)17-20-7-9-21(10-8-20)19(4)28-26-27-15-22-11-12-24(34)31(6-2)25(22)29-26/h5,7-12,15,18-19H,1,6,13-14,16-17H2,2-4H3,(H,27,28,29)/t18-,19?/m1/s1. The summed E-state index contributed by atoms with van der Waals surface area (Å²) in [6.07, 6.45) is 3.14. The summed E-state index contributed by atoms with van der Waals surface area (Å²) < 4.78 is 1.65. The lowest BCUT2D eigenvalue weighted by molar-refractivity contribution is -0.130. The van der Waals surface area contributed by atoms with Crippen molar-refractivity contribution < 1.29 is 4.79 Å². The second-order valence-electron chi connectivity index (χ2n) is 8.82. The van der Waals surface area contributed by atoms with E-state index in [1.54, 1.807) is 22.9 Å². The third-order valence-electron chi connectivity index (χ3n) is 6.44. The minimum Gasteiger partial charge on any atom is -0.348 e. The van der Waals surface area contributed by atoms with Crippen LogP contribution in [0.25, 0.3) is 11.0 Å². The van der Waals surface area contributed by atoms with Crippen molar-refractivity contribution in [2.75, 3.05) is 25.0 Å². The number of hydrogen-bond acceptors (Lipinski definition) is 6. The Labute approximate surface area is 199 Å². The molecule has 1 saturated heterocycles. The van der Waals surface area contributed by atoms with Crippen molar-refractivity contribution in [1.82, 2.24) is 24.3 Å². The summed E-state index contributed by atoms with van der Waals surface area (Å²) in [7, 11) is 0. The first-order chi connectivity index (χ1) is 16.4. The fourth-order valence-electron chi connectivity index (χ4n) is 4.51. The molecule has 2 aromatic heterocycles. The van der Waals surface area contributed by atoms with E-state index in [1.807, 2.05) is 11.8 Å². The van der Waals surface area contributed by atoms with Gasteiger partial charge in [-0.25, -0.2) is 4.98 Å². The average molecular weight is 461 g/mol. The Morgan fingerprint density at radius 2 is 2.00 bits per heavy atom. The number of rotatable bonds is 7. The van der Waals surface area contributed by atoms with E-state index >= 15 is 0 Å². The van der Waals surface area contributed by atoms with Crippen LogP contribution in [-0.2, 0) is 17.9 Å². The van der Waals surface area contributed by atoms with Gasteiger partial charge in [-0.05, 0) is 44.0 Å². The molecule has 1 aliphatic heterocycles. The van der Waals surface area contributed by atoms with Crippen molar-refractivity contribution in [3.63, 3.8) is 0 Å². The molecule has 8 nitrogen and oxygen atoms in total. The third kappa shape index (κ3) is 5.02. The van der Waals surface area contributed by atoms with Crippen LogP contribution in [0.4, 0.5) is 5.95 Å². The molecular formula is C26H32N6O2.